The van der Waals surface area contributed by atoms with Gasteiger partial charge in [0.15, 0.2) is 6.61 Å². The van der Waals surface area contributed by atoms with Gasteiger partial charge in [-0.2, -0.15) is 0 Å². The van der Waals surface area contributed by atoms with Crippen molar-refractivity contribution in [2.24, 2.45) is 5.92 Å². The highest BCUT2D eigenvalue weighted by Crippen LogP contribution is 2.29. The van der Waals surface area contributed by atoms with Crippen LogP contribution in [0.4, 0.5) is 5.00 Å². The average Bonchev–Trinajstić information content (AvgIpc) is 3.03. The number of carbonyl (C=O) groups is 3. The molecule has 0 unspecified atom stereocenters. The van der Waals surface area contributed by atoms with E-state index in [0.29, 0.717) is 17.0 Å². The van der Waals surface area contributed by atoms with Crippen LogP contribution in [-0.4, -0.2) is 31.1 Å². The molecular formula is C18H23NO5S. The Balaban J connectivity index is 1.93. The fraction of sp³-hybridized carbons (Fsp3) is 0.500. The molecule has 25 heavy (non-hydrogen) atoms. The van der Waals surface area contributed by atoms with Gasteiger partial charge in [0, 0.05) is 4.88 Å². The van der Waals surface area contributed by atoms with E-state index in [1.807, 2.05) is 19.1 Å². The van der Waals surface area contributed by atoms with Crippen LogP contribution in [-0.2, 0) is 25.5 Å². The molecule has 1 atom stereocenters. The first-order chi connectivity index (χ1) is 12.0. The smallest absolute Gasteiger partial charge is 0.341 e. The van der Waals surface area contributed by atoms with Crippen molar-refractivity contribution in [2.45, 2.75) is 39.5 Å². The lowest BCUT2D eigenvalue weighted by molar-refractivity contribution is -0.151. The molecule has 0 bridgehead atoms. The molecule has 0 fully saturated rings. The van der Waals surface area contributed by atoms with Crippen molar-refractivity contribution in [2.75, 3.05) is 18.5 Å². The number of carbonyl (C=O) groups excluding carboxylic acids is 3. The lowest BCUT2D eigenvalue weighted by Crippen LogP contribution is -2.25. The molecule has 1 amide bonds. The number of anilines is 1. The van der Waals surface area contributed by atoms with Gasteiger partial charge in [-0.1, -0.05) is 19.1 Å². The van der Waals surface area contributed by atoms with Crippen molar-refractivity contribution >= 4 is 34.2 Å². The summed E-state index contributed by atoms with van der Waals surface area (Å²) in [5, 5.41) is 3.08. The monoisotopic (exact) mass is 365 g/mol. The summed E-state index contributed by atoms with van der Waals surface area (Å²) in [4.78, 5) is 37.0. The standard InChI is InChI=1S/C18H23NO5S/c1-3-13-10-14(18(22)23-4-2)16(25-13)19-15(20)11-24-17(21)12-8-6-5-7-9-12/h5-6,10,12H,3-4,7-9,11H2,1-2H3,(H,19,20)/t12-/m0/s1. The number of esters is 2. The average molecular weight is 365 g/mol. The molecule has 1 aliphatic carbocycles. The molecule has 1 aromatic rings. The minimum atomic E-state index is -0.472. The first-order valence-electron chi connectivity index (χ1n) is 8.46. The minimum Gasteiger partial charge on any atom is -0.462 e. The summed E-state index contributed by atoms with van der Waals surface area (Å²) in [5.74, 6) is -1.47. The van der Waals surface area contributed by atoms with Crippen molar-refractivity contribution in [1.29, 1.82) is 0 Å². The Bertz CT molecular complexity index is 664. The van der Waals surface area contributed by atoms with Gasteiger partial charge in [0.1, 0.15) is 5.00 Å². The topological polar surface area (TPSA) is 81.7 Å². The van der Waals surface area contributed by atoms with E-state index in [9.17, 15) is 14.4 Å². The van der Waals surface area contributed by atoms with Gasteiger partial charge in [-0.15, -0.1) is 11.3 Å². The van der Waals surface area contributed by atoms with Gasteiger partial charge in [0.05, 0.1) is 18.1 Å². The van der Waals surface area contributed by atoms with Crippen molar-refractivity contribution in [3.05, 3.63) is 28.7 Å². The van der Waals surface area contributed by atoms with E-state index < -0.39 is 11.9 Å². The van der Waals surface area contributed by atoms with Crippen LogP contribution in [0.1, 0.15) is 48.3 Å². The Morgan fingerprint density at radius 2 is 2.04 bits per heavy atom. The Morgan fingerprint density at radius 3 is 2.68 bits per heavy atom. The van der Waals surface area contributed by atoms with Crippen LogP contribution < -0.4 is 5.32 Å². The Morgan fingerprint density at radius 1 is 1.24 bits per heavy atom. The molecule has 0 aliphatic heterocycles. The maximum absolute atomic E-state index is 12.1. The van der Waals surface area contributed by atoms with E-state index >= 15 is 0 Å². The number of hydrogen-bond acceptors (Lipinski definition) is 6. The van der Waals surface area contributed by atoms with Crippen LogP contribution >= 0.6 is 11.3 Å². The largest absolute Gasteiger partial charge is 0.462 e. The second-order valence-corrected chi connectivity index (χ2v) is 6.80. The highest BCUT2D eigenvalue weighted by atomic mass is 32.1. The van der Waals surface area contributed by atoms with Crippen molar-refractivity contribution in [1.82, 2.24) is 0 Å². The highest BCUT2D eigenvalue weighted by Gasteiger charge is 2.22. The fourth-order valence-electron chi connectivity index (χ4n) is 2.49. The number of aryl methyl sites for hydroxylation is 1. The summed E-state index contributed by atoms with van der Waals surface area (Å²) in [6, 6.07) is 1.72. The normalized spacial score (nSPS) is 16.3. The molecule has 0 radical (unpaired) electrons. The van der Waals surface area contributed by atoms with Crippen LogP contribution in [0.2, 0.25) is 0 Å². The highest BCUT2D eigenvalue weighted by molar-refractivity contribution is 7.16. The van der Waals surface area contributed by atoms with Gasteiger partial charge in [0.2, 0.25) is 0 Å². The number of amides is 1. The predicted octanol–water partition coefficient (Wildman–Crippen LogP) is 3.33. The molecule has 0 spiro atoms. The van der Waals surface area contributed by atoms with Crippen LogP contribution in [0.5, 0.6) is 0 Å². The molecule has 1 N–H and O–H groups in total. The zero-order valence-corrected chi connectivity index (χ0v) is 15.3. The molecule has 0 aromatic carbocycles. The zero-order chi connectivity index (χ0) is 18.2. The molecule has 0 saturated carbocycles. The van der Waals surface area contributed by atoms with Gasteiger partial charge in [-0.3, -0.25) is 9.59 Å². The third-order valence-corrected chi connectivity index (χ3v) is 5.02. The number of hydrogen-bond donors (Lipinski definition) is 1. The maximum atomic E-state index is 12.1. The number of nitrogens with one attached hydrogen (secondary N) is 1. The minimum absolute atomic E-state index is 0.179. The second kappa shape index (κ2) is 9.36. The summed E-state index contributed by atoms with van der Waals surface area (Å²) in [7, 11) is 0. The lowest BCUT2D eigenvalue weighted by atomic mass is 9.95. The van der Waals surface area contributed by atoms with Crippen LogP contribution in [0.15, 0.2) is 18.2 Å². The van der Waals surface area contributed by atoms with Crippen LogP contribution in [0, 0.1) is 5.92 Å². The molecular weight excluding hydrogens is 342 g/mol. The molecule has 1 aliphatic rings. The molecule has 0 saturated heterocycles. The predicted molar refractivity (Wildman–Crippen MR) is 95.7 cm³/mol. The van der Waals surface area contributed by atoms with E-state index in [4.69, 9.17) is 9.47 Å². The number of allylic oxidation sites excluding steroid dienone is 2. The number of ether oxygens (including phenoxy) is 2. The summed E-state index contributed by atoms with van der Waals surface area (Å²) in [5.41, 5.74) is 0.334. The van der Waals surface area contributed by atoms with Gasteiger partial charge in [-0.25, -0.2) is 4.79 Å². The lowest BCUT2D eigenvalue weighted by Gasteiger charge is -2.16. The summed E-state index contributed by atoms with van der Waals surface area (Å²) >= 11 is 1.32. The van der Waals surface area contributed by atoms with Gasteiger partial charge in [-0.05, 0) is 38.7 Å². The third-order valence-electron chi connectivity index (χ3n) is 3.83. The first-order valence-corrected chi connectivity index (χ1v) is 9.28. The number of thiophene rings is 1. The Hall–Kier alpha value is -2.15. The maximum Gasteiger partial charge on any atom is 0.341 e. The Labute approximate surface area is 151 Å². The van der Waals surface area contributed by atoms with Gasteiger partial charge >= 0.3 is 11.9 Å². The van der Waals surface area contributed by atoms with E-state index in [1.165, 1.54) is 11.3 Å². The molecule has 2 rings (SSSR count). The van der Waals surface area contributed by atoms with Crippen LogP contribution in [0.3, 0.4) is 0 Å². The quantitative estimate of drug-likeness (QED) is 0.592. The molecule has 6 nitrogen and oxygen atoms in total. The van der Waals surface area contributed by atoms with Crippen molar-refractivity contribution < 1.29 is 23.9 Å². The van der Waals surface area contributed by atoms with E-state index in [1.54, 1.807) is 13.0 Å². The molecule has 1 heterocycles. The molecule has 136 valence electrons. The SMILES string of the molecule is CCOC(=O)c1cc(CC)sc1NC(=O)COC(=O)[C@H]1CC=CCC1. The number of rotatable bonds is 7. The summed E-state index contributed by atoms with van der Waals surface area (Å²) in [6.45, 7) is 3.59. The van der Waals surface area contributed by atoms with Crippen molar-refractivity contribution in [3.8, 4) is 0 Å². The van der Waals surface area contributed by atoms with E-state index in [-0.39, 0.29) is 25.1 Å². The van der Waals surface area contributed by atoms with E-state index in [0.717, 1.165) is 24.1 Å². The molecule has 7 heteroatoms. The van der Waals surface area contributed by atoms with Crippen LogP contribution in [0.25, 0.3) is 0 Å². The van der Waals surface area contributed by atoms with E-state index in [2.05, 4.69) is 5.32 Å². The van der Waals surface area contributed by atoms with Gasteiger partial charge in [0.25, 0.3) is 5.91 Å². The Kier molecular flexibility index (Phi) is 7.18. The third kappa shape index (κ3) is 5.42. The summed E-state index contributed by atoms with van der Waals surface area (Å²) < 4.78 is 10.1. The van der Waals surface area contributed by atoms with Gasteiger partial charge < -0.3 is 14.8 Å². The molecule has 1 aromatic heterocycles. The second-order valence-electron chi connectivity index (χ2n) is 5.67. The summed E-state index contributed by atoms with van der Waals surface area (Å²) in [6.07, 6.45) is 6.99. The first kappa shape index (κ1) is 19.2. The fourth-order valence-corrected chi connectivity index (χ4v) is 3.49. The zero-order valence-electron chi connectivity index (χ0n) is 14.5. The van der Waals surface area contributed by atoms with Crippen molar-refractivity contribution in [3.63, 3.8) is 0 Å².